The summed E-state index contributed by atoms with van der Waals surface area (Å²) in [6.07, 6.45) is -0.373. The minimum atomic E-state index is -1.01. The van der Waals surface area contributed by atoms with Crippen LogP contribution >= 0.6 is 0 Å². The van der Waals surface area contributed by atoms with Crippen molar-refractivity contribution < 1.29 is 24.2 Å². The summed E-state index contributed by atoms with van der Waals surface area (Å²) in [5, 5.41) is 8.94. The van der Waals surface area contributed by atoms with E-state index in [-0.39, 0.29) is 17.7 Å². The van der Waals surface area contributed by atoms with Crippen LogP contribution in [0.5, 0.6) is 0 Å². The number of carbonyl (C=O) groups excluding carboxylic acids is 2. The van der Waals surface area contributed by atoms with Gasteiger partial charge in [-0.05, 0) is 45.0 Å². The Kier molecular flexibility index (Phi) is 11.5. The van der Waals surface area contributed by atoms with Crippen molar-refractivity contribution in [2.75, 3.05) is 38.1 Å². The lowest BCUT2D eigenvalue weighted by Crippen LogP contribution is -2.54. The number of rotatable bonds is 2. The van der Waals surface area contributed by atoms with Crippen LogP contribution in [0.15, 0.2) is 24.3 Å². The Morgan fingerprint density at radius 3 is 1.73 bits per heavy atom. The molecule has 1 heterocycles. The summed E-state index contributed by atoms with van der Waals surface area (Å²) in [5.74, 6) is -1.01. The number of nitrogens with zero attached hydrogens (tertiary/aromatic N) is 3. The first kappa shape index (κ1) is 27.2. The first-order valence-electron chi connectivity index (χ1n) is 10.4. The third kappa shape index (κ3) is 8.31. The average molecular weight is 424 g/mol. The zero-order valence-electron chi connectivity index (χ0n) is 19.6. The van der Waals surface area contributed by atoms with E-state index in [1.165, 1.54) is 17.0 Å². The quantitative estimate of drug-likeness (QED) is 0.754. The molecule has 1 aromatic carbocycles. The van der Waals surface area contributed by atoms with Gasteiger partial charge in [0.2, 0.25) is 0 Å². The van der Waals surface area contributed by atoms with Gasteiger partial charge in [-0.3, -0.25) is 4.90 Å². The summed E-state index contributed by atoms with van der Waals surface area (Å²) in [7, 11) is 1.64. The molecule has 8 nitrogen and oxygen atoms in total. The topological polar surface area (TPSA) is 90.4 Å². The van der Waals surface area contributed by atoms with Gasteiger partial charge in [0.15, 0.2) is 0 Å². The maximum Gasteiger partial charge on any atom is 0.410 e. The van der Waals surface area contributed by atoms with Gasteiger partial charge in [0.05, 0.1) is 5.56 Å². The van der Waals surface area contributed by atoms with Crippen LogP contribution in [0.3, 0.4) is 0 Å². The van der Waals surface area contributed by atoms with E-state index in [0.717, 1.165) is 0 Å². The molecule has 0 atom stereocenters. The predicted molar refractivity (Wildman–Crippen MR) is 119 cm³/mol. The highest BCUT2D eigenvalue weighted by atomic mass is 16.6. The van der Waals surface area contributed by atoms with Crippen LogP contribution in [-0.4, -0.2) is 71.8 Å². The van der Waals surface area contributed by atoms with Crippen LogP contribution < -0.4 is 4.90 Å². The number of aromatic carboxylic acids is 1. The number of piperazine rings is 1. The first-order valence-corrected chi connectivity index (χ1v) is 10.4. The summed E-state index contributed by atoms with van der Waals surface area (Å²) in [5.41, 5.74) is 0.224. The van der Waals surface area contributed by atoms with Crippen molar-refractivity contribution in [3.63, 3.8) is 0 Å². The number of amides is 3. The maximum absolute atomic E-state index is 12.6. The summed E-state index contributed by atoms with van der Waals surface area (Å²) >= 11 is 0. The molecule has 0 unspecified atom stereocenters. The van der Waals surface area contributed by atoms with Gasteiger partial charge in [0, 0.05) is 38.9 Å². The predicted octanol–water partition coefficient (Wildman–Crippen LogP) is 4.55. The fourth-order valence-electron chi connectivity index (χ4n) is 2.56. The van der Waals surface area contributed by atoms with Crippen LogP contribution in [0.4, 0.5) is 15.3 Å². The molecule has 3 amide bonds. The SMILES string of the molecule is CC.CC.CN(C(=O)N1CCN(C(=O)OC(C)(C)C)CC1)c1ccc(C(=O)O)cc1. The zero-order valence-corrected chi connectivity index (χ0v) is 19.6. The molecule has 1 N–H and O–H groups in total. The molecule has 1 aromatic rings. The molecule has 30 heavy (non-hydrogen) atoms. The smallest absolute Gasteiger partial charge is 0.410 e. The summed E-state index contributed by atoms with van der Waals surface area (Å²) in [6.45, 7) is 15.1. The van der Waals surface area contributed by atoms with Crippen molar-refractivity contribution >= 4 is 23.8 Å². The molecule has 8 heteroatoms. The molecule has 0 aromatic heterocycles. The lowest BCUT2D eigenvalue weighted by molar-refractivity contribution is 0.0172. The molecular formula is C22H37N3O5. The van der Waals surface area contributed by atoms with Gasteiger partial charge in [-0.25, -0.2) is 14.4 Å². The summed E-state index contributed by atoms with van der Waals surface area (Å²) < 4.78 is 5.35. The number of benzene rings is 1. The number of urea groups is 1. The first-order chi connectivity index (χ1) is 14.1. The molecule has 170 valence electrons. The van der Waals surface area contributed by atoms with Crippen molar-refractivity contribution in [3.05, 3.63) is 29.8 Å². The van der Waals surface area contributed by atoms with Gasteiger partial charge in [0.25, 0.3) is 0 Å². The van der Waals surface area contributed by atoms with E-state index in [2.05, 4.69) is 0 Å². The van der Waals surface area contributed by atoms with Crippen LogP contribution in [-0.2, 0) is 4.74 Å². The van der Waals surface area contributed by atoms with Crippen molar-refractivity contribution in [3.8, 4) is 0 Å². The Balaban J connectivity index is 0.00000198. The number of ether oxygens (including phenoxy) is 1. The molecule has 2 rings (SSSR count). The summed E-state index contributed by atoms with van der Waals surface area (Å²) in [6, 6.07) is 5.91. The minimum Gasteiger partial charge on any atom is -0.478 e. The van der Waals surface area contributed by atoms with Crippen LogP contribution in [0.2, 0.25) is 0 Å². The molecule has 1 aliphatic rings. The van der Waals surface area contributed by atoms with E-state index in [1.54, 1.807) is 29.0 Å². The van der Waals surface area contributed by atoms with E-state index in [4.69, 9.17) is 9.84 Å². The molecule has 0 saturated carbocycles. The Hall–Kier alpha value is -2.77. The Morgan fingerprint density at radius 1 is 0.900 bits per heavy atom. The molecule has 1 fully saturated rings. The summed E-state index contributed by atoms with van der Waals surface area (Å²) in [4.78, 5) is 40.3. The van der Waals surface area contributed by atoms with E-state index in [1.807, 2.05) is 48.5 Å². The maximum atomic E-state index is 12.6. The Morgan fingerprint density at radius 2 is 1.33 bits per heavy atom. The van der Waals surface area contributed by atoms with Gasteiger partial charge in [0.1, 0.15) is 5.60 Å². The molecular weight excluding hydrogens is 386 g/mol. The average Bonchev–Trinajstić information content (AvgIpc) is 2.74. The molecule has 0 aliphatic carbocycles. The van der Waals surface area contributed by atoms with Crippen molar-refractivity contribution in [2.24, 2.45) is 0 Å². The van der Waals surface area contributed by atoms with Gasteiger partial charge in [-0.1, -0.05) is 27.7 Å². The van der Waals surface area contributed by atoms with Crippen LogP contribution in [0, 0.1) is 0 Å². The highest BCUT2D eigenvalue weighted by molar-refractivity contribution is 5.93. The molecule has 1 aliphatic heterocycles. The van der Waals surface area contributed by atoms with Crippen molar-refractivity contribution in [1.82, 2.24) is 9.80 Å². The monoisotopic (exact) mass is 423 g/mol. The normalized spacial score (nSPS) is 13.2. The number of carboxylic acid groups (broad SMARTS) is 1. The van der Waals surface area contributed by atoms with E-state index < -0.39 is 11.6 Å². The highest BCUT2D eigenvalue weighted by Crippen LogP contribution is 2.17. The zero-order chi connectivity index (χ0) is 23.5. The molecule has 0 bridgehead atoms. The molecule has 0 spiro atoms. The minimum absolute atomic E-state index is 0.167. The second kappa shape index (κ2) is 12.7. The van der Waals surface area contributed by atoms with Crippen LogP contribution in [0.25, 0.3) is 0 Å². The fraction of sp³-hybridized carbons (Fsp3) is 0.591. The van der Waals surface area contributed by atoms with E-state index >= 15 is 0 Å². The number of hydrogen-bond donors (Lipinski definition) is 1. The van der Waals surface area contributed by atoms with Gasteiger partial charge in [-0.2, -0.15) is 0 Å². The lowest BCUT2D eigenvalue weighted by Gasteiger charge is -2.37. The second-order valence-electron chi connectivity index (χ2n) is 7.15. The van der Waals surface area contributed by atoms with Gasteiger partial charge >= 0.3 is 18.1 Å². The van der Waals surface area contributed by atoms with Crippen LogP contribution in [0.1, 0.15) is 58.8 Å². The van der Waals surface area contributed by atoms with Gasteiger partial charge in [-0.15, -0.1) is 0 Å². The molecule has 1 saturated heterocycles. The second-order valence-corrected chi connectivity index (χ2v) is 7.15. The van der Waals surface area contributed by atoms with Crippen molar-refractivity contribution in [2.45, 2.75) is 54.1 Å². The number of anilines is 1. The Bertz CT molecular complexity index is 675. The number of carboxylic acids is 1. The lowest BCUT2D eigenvalue weighted by atomic mass is 10.2. The largest absolute Gasteiger partial charge is 0.478 e. The third-order valence-electron chi connectivity index (χ3n) is 3.99. The van der Waals surface area contributed by atoms with E-state index in [9.17, 15) is 14.4 Å². The van der Waals surface area contributed by atoms with Crippen molar-refractivity contribution in [1.29, 1.82) is 0 Å². The highest BCUT2D eigenvalue weighted by Gasteiger charge is 2.29. The van der Waals surface area contributed by atoms with E-state index in [0.29, 0.717) is 31.9 Å². The molecule has 0 radical (unpaired) electrons. The number of hydrogen-bond acceptors (Lipinski definition) is 4. The standard InChI is InChI=1S/C18H25N3O5.2C2H6/c1-18(2,3)26-17(25)21-11-9-20(10-12-21)16(24)19(4)14-7-5-13(6-8-14)15(22)23;2*1-2/h5-8H,9-12H2,1-4H3,(H,22,23);2*1-2H3. The Labute approximate surface area is 180 Å². The fourth-order valence-corrected chi connectivity index (χ4v) is 2.56. The third-order valence-corrected chi connectivity index (χ3v) is 3.99. The number of carbonyl (C=O) groups is 3. The van der Waals surface area contributed by atoms with Gasteiger partial charge < -0.3 is 19.6 Å².